The van der Waals surface area contributed by atoms with E-state index in [0.29, 0.717) is 11.4 Å². The van der Waals surface area contributed by atoms with Crippen LogP contribution in [0.2, 0.25) is 0 Å². The molecule has 2 aromatic rings. The van der Waals surface area contributed by atoms with Crippen LogP contribution in [0.3, 0.4) is 0 Å². The van der Waals surface area contributed by atoms with Crippen molar-refractivity contribution in [1.82, 2.24) is 4.98 Å². The molecule has 4 nitrogen and oxygen atoms in total. The van der Waals surface area contributed by atoms with Crippen molar-refractivity contribution in [1.29, 1.82) is 0 Å². The normalized spacial score (nSPS) is 9.42. The second-order valence-electron chi connectivity index (χ2n) is 3.76. The number of terminal acetylenes is 1. The summed E-state index contributed by atoms with van der Waals surface area (Å²) in [6.45, 7) is 0.222. The molecule has 0 spiro atoms. The van der Waals surface area contributed by atoms with Crippen LogP contribution in [0.4, 0.5) is 10.5 Å². The summed E-state index contributed by atoms with van der Waals surface area (Å²) in [6.07, 6.45) is 6.23. The van der Waals surface area contributed by atoms with Crippen LogP contribution in [0.5, 0.6) is 0 Å². The number of anilines is 1. The fourth-order valence-electron chi connectivity index (χ4n) is 1.46. The molecular formula is C15H12N2O2. The van der Waals surface area contributed by atoms with E-state index in [-0.39, 0.29) is 6.61 Å². The van der Waals surface area contributed by atoms with E-state index in [9.17, 15) is 4.79 Å². The first kappa shape index (κ1) is 12.7. The van der Waals surface area contributed by atoms with Gasteiger partial charge < -0.3 is 4.74 Å². The van der Waals surface area contributed by atoms with Crippen molar-refractivity contribution >= 4 is 11.8 Å². The molecule has 1 amide bonds. The summed E-state index contributed by atoms with van der Waals surface area (Å²) in [5.74, 6) is 2.40. The van der Waals surface area contributed by atoms with E-state index in [4.69, 9.17) is 11.2 Å². The number of aromatic nitrogens is 1. The average Bonchev–Trinajstić information content (AvgIpc) is 2.46. The molecule has 2 rings (SSSR count). The lowest BCUT2D eigenvalue weighted by Crippen LogP contribution is -2.13. The first-order valence-electron chi connectivity index (χ1n) is 5.68. The number of ether oxygens (including phenoxy) is 1. The van der Waals surface area contributed by atoms with E-state index < -0.39 is 6.09 Å². The maximum absolute atomic E-state index is 11.6. The molecule has 1 N–H and O–H groups in total. The van der Waals surface area contributed by atoms with Crippen LogP contribution >= 0.6 is 0 Å². The first-order valence-corrected chi connectivity index (χ1v) is 5.68. The highest BCUT2D eigenvalue weighted by Crippen LogP contribution is 2.08. The third-order valence-electron chi connectivity index (χ3n) is 2.37. The van der Waals surface area contributed by atoms with Gasteiger partial charge in [-0.05, 0) is 17.7 Å². The van der Waals surface area contributed by atoms with Gasteiger partial charge >= 0.3 is 6.09 Å². The molecule has 0 aliphatic carbocycles. The highest BCUT2D eigenvalue weighted by Gasteiger charge is 2.04. The van der Waals surface area contributed by atoms with Crippen molar-refractivity contribution in [3.05, 3.63) is 59.9 Å². The Morgan fingerprint density at radius 1 is 1.32 bits per heavy atom. The molecule has 0 aliphatic rings. The number of rotatable bonds is 3. The van der Waals surface area contributed by atoms with Crippen molar-refractivity contribution in [3.8, 4) is 12.3 Å². The van der Waals surface area contributed by atoms with Crippen LogP contribution in [0, 0.1) is 12.3 Å². The van der Waals surface area contributed by atoms with Crippen LogP contribution < -0.4 is 5.32 Å². The largest absolute Gasteiger partial charge is 0.444 e. The Morgan fingerprint density at radius 2 is 2.11 bits per heavy atom. The molecule has 0 atom stereocenters. The van der Waals surface area contributed by atoms with Gasteiger partial charge in [-0.15, -0.1) is 6.42 Å². The van der Waals surface area contributed by atoms with Crippen LogP contribution in [0.15, 0.2) is 48.7 Å². The maximum atomic E-state index is 11.6. The molecule has 0 aliphatic heterocycles. The molecule has 1 aromatic carbocycles. The lowest BCUT2D eigenvalue weighted by atomic mass is 10.2. The highest BCUT2D eigenvalue weighted by atomic mass is 16.5. The smallest absolute Gasteiger partial charge is 0.411 e. The van der Waals surface area contributed by atoms with Crippen molar-refractivity contribution in [3.63, 3.8) is 0 Å². The minimum absolute atomic E-state index is 0.222. The molecule has 4 heteroatoms. The second kappa shape index (κ2) is 6.22. The number of nitrogens with zero attached hydrogens (tertiary/aromatic N) is 1. The number of nitrogens with one attached hydrogen (secondary N) is 1. The van der Waals surface area contributed by atoms with Crippen LogP contribution in [-0.4, -0.2) is 11.1 Å². The van der Waals surface area contributed by atoms with Crippen LogP contribution in [0.25, 0.3) is 0 Å². The summed E-state index contributed by atoms with van der Waals surface area (Å²) in [5.41, 5.74) is 1.94. The summed E-state index contributed by atoms with van der Waals surface area (Å²) in [4.78, 5) is 15.5. The van der Waals surface area contributed by atoms with Gasteiger partial charge in [0.15, 0.2) is 0 Å². The zero-order valence-corrected chi connectivity index (χ0v) is 10.2. The minimum atomic E-state index is -0.530. The van der Waals surface area contributed by atoms with Crippen molar-refractivity contribution < 1.29 is 9.53 Å². The summed E-state index contributed by atoms with van der Waals surface area (Å²) in [5, 5.41) is 2.59. The standard InChI is InChI=1S/C15H12N2O2/c1-2-13-10-14(8-9-16-13)17-15(18)19-11-12-6-4-3-5-7-12/h1,3-10H,11H2,(H,16,17,18). The van der Waals surface area contributed by atoms with Gasteiger partial charge in [0.2, 0.25) is 0 Å². The zero-order chi connectivity index (χ0) is 13.5. The van der Waals surface area contributed by atoms with Crippen LogP contribution in [0.1, 0.15) is 11.3 Å². The fraction of sp³-hybridized carbons (Fsp3) is 0.0667. The van der Waals surface area contributed by atoms with Gasteiger partial charge in [0.25, 0.3) is 0 Å². The Hall–Kier alpha value is -2.80. The van der Waals surface area contributed by atoms with Gasteiger partial charge in [0.1, 0.15) is 12.3 Å². The summed E-state index contributed by atoms with van der Waals surface area (Å²) < 4.78 is 5.08. The van der Waals surface area contributed by atoms with Crippen molar-refractivity contribution in [2.24, 2.45) is 0 Å². The quantitative estimate of drug-likeness (QED) is 0.854. The predicted octanol–water partition coefficient (Wildman–Crippen LogP) is 2.81. The minimum Gasteiger partial charge on any atom is -0.444 e. The molecule has 0 fully saturated rings. The molecule has 0 bridgehead atoms. The van der Waals surface area contributed by atoms with Gasteiger partial charge in [-0.1, -0.05) is 36.3 Å². The summed E-state index contributed by atoms with van der Waals surface area (Å²) in [6, 6.07) is 12.7. The molecule has 0 radical (unpaired) electrons. The predicted molar refractivity (Wildman–Crippen MR) is 72.4 cm³/mol. The van der Waals surface area contributed by atoms with E-state index >= 15 is 0 Å². The Bertz CT molecular complexity index is 603. The van der Waals surface area contributed by atoms with E-state index in [0.717, 1.165) is 5.56 Å². The number of hydrogen-bond acceptors (Lipinski definition) is 3. The van der Waals surface area contributed by atoms with E-state index in [2.05, 4.69) is 16.2 Å². The monoisotopic (exact) mass is 252 g/mol. The number of benzene rings is 1. The van der Waals surface area contributed by atoms with Gasteiger partial charge in [-0.2, -0.15) is 0 Å². The maximum Gasteiger partial charge on any atom is 0.411 e. The van der Waals surface area contributed by atoms with Crippen molar-refractivity contribution in [2.45, 2.75) is 6.61 Å². The Kier molecular flexibility index (Phi) is 4.14. The second-order valence-corrected chi connectivity index (χ2v) is 3.76. The van der Waals surface area contributed by atoms with Crippen LogP contribution in [-0.2, 0) is 11.3 Å². The number of carbonyl (C=O) groups is 1. The highest BCUT2D eigenvalue weighted by molar-refractivity contribution is 5.84. The topological polar surface area (TPSA) is 51.2 Å². The molecule has 1 aromatic heterocycles. The van der Waals surface area contributed by atoms with Gasteiger partial charge in [-0.25, -0.2) is 9.78 Å². The van der Waals surface area contributed by atoms with Gasteiger partial charge in [0.05, 0.1) is 0 Å². The molecule has 0 saturated carbocycles. The molecule has 0 saturated heterocycles. The third kappa shape index (κ3) is 3.86. The summed E-state index contributed by atoms with van der Waals surface area (Å²) in [7, 11) is 0. The summed E-state index contributed by atoms with van der Waals surface area (Å²) >= 11 is 0. The lowest BCUT2D eigenvalue weighted by Gasteiger charge is -2.07. The molecular weight excluding hydrogens is 240 g/mol. The molecule has 19 heavy (non-hydrogen) atoms. The number of carbonyl (C=O) groups excluding carboxylic acids is 1. The number of amides is 1. The fourth-order valence-corrected chi connectivity index (χ4v) is 1.46. The van der Waals surface area contributed by atoms with Crippen molar-refractivity contribution in [2.75, 3.05) is 5.32 Å². The molecule has 94 valence electrons. The Morgan fingerprint density at radius 3 is 2.84 bits per heavy atom. The Labute approximate surface area is 111 Å². The third-order valence-corrected chi connectivity index (χ3v) is 2.37. The lowest BCUT2D eigenvalue weighted by molar-refractivity contribution is 0.155. The molecule has 0 unspecified atom stereocenters. The Balaban J connectivity index is 1.89. The van der Waals surface area contributed by atoms with E-state index in [1.807, 2.05) is 30.3 Å². The van der Waals surface area contributed by atoms with E-state index in [1.165, 1.54) is 6.20 Å². The first-order chi connectivity index (χ1) is 9.28. The number of hydrogen-bond donors (Lipinski definition) is 1. The zero-order valence-electron chi connectivity index (χ0n) is 10.2. The average molecular weight is 252 g/mol. The number of pyridine rings is 1. The SMILES string of the molecule is C#Cc1cc(NC(=O)OCc2ccccc2)ccn1. The molecule has 1 heterocycles. The van der Waals surface area contributed by atoms with Gasteiger partial charge in [0, 0.05) is 11.9 Å². The van der Waals surface area contributed by atoms with Gasteiger partial charge in [-0.3, -0.25) is 5.32 Å². The van der Waals surface area contributed by atoms with E-state index in [1.54, 1.807) is 12.1 Å².